The van der Waals surface area contributed by atoms with Gasteiger partial charge in [-0.3, -0.25) is 9.59 Å². The fourth-order valence-electron chi connectivity index (χ4n) is 4.12. The predicted octanol–water partition coefficient (Wildman–Crippen LogP) is 6.89. The molecule has 2 aromatic carbocycles. The number of thioether (sulfide) groups is 1. The van der Waals surface area contributed by atoms with Crippen molar-refractivity contribution in [2.24, 2.45) is 0 Å². The first-order valence-electron chi connectivity index (χ1n) is 11.3. The van der Waals surface area contributed by atoms with E-state index in [1.54, 1.807) is 35.2 Å². The van der Waals surface area contributed by atoms with Crippen molar-refractivity contribution in [1.82, 2.24) is 10.2 Å². The lowest BCUT2D eigenvalue weighted by Gasteiger charge is -2.31. The van der Waals surface area contributed by atoms with Crippen molar-refractivity contribution < 1.29 is 14.0 Å². The van der Waals surface area contributed by atoms with Crippen molar-refractivity contribution in [2.75, 3.05) is 5.75 Å². The number of amides is 2. The zero-order valence-corrected chi connectivity index (χ0v) is 22.0. The Kier molecular flexibility index (Phi) is 10.4. The molecule has 4 nitrogen and oxygen atoms in total. The van der Waals surface area contributed by atoms with Gasteiger partial charge in [0, 0.05) is 28.9 Å². The van der Waals surface area contributed by atoms with Crippen molar-refractivity contribution in [2.45, 2.75) is 63.4 Å². The van der Waals surface area contributed by atoms with Crippen molar-refractivity contribution in [1.29, 1.82) is 0 Å². The number of hydrogen-bond donors (Lipinski definition) is 1. The molecule has 0 spiro atoms. The first-order chi connectivity index (χ1) is 16.3. The van der Waals surface area contributed by atoms with Gasteiger partial charge in [-0.05, 0) is 49.1 Å². The van der Waals surface area contributed by atoms with E-state index in [9.17, 15) is 14.0 Å². The van der Waals surface area contributed by atoms with Crippen LogP contribution in [0.1, 0.15) is 50.2 Å². The number of nitrogens with one attached hydrogen (secondary N) is 1. The molecule has 2 amide bonds. The summed E-state index contributed by atoms with van der Waals surface area (Å²) in [5, 5.41) is 4.25. The standard InChI is InChI=1S/C25H28Cl3FN2O2S/c1-2-23(25(33)30-17-6-3-4-7-17)31(13-16-10-11-20(27)21(28)12-16)24(32)15-34-14-18-19(26)8-5-9-22(18)29/h5,8-12,17,23H,2-4,6-7,13-15H2,1H3,(H,30,33). The van der Waals surface area contributed by atoms with E-state index in [0.717, 1.165) is 31.2 Å². The van der Waals surface area contributed by atoms with Crippen LogP contribution >= 0.6 is 46.6 Å². The second-order valence-corrected chi connectivity index (χ2v) is 10.6. The molecule has 1 saturated carbocycles. The molecular formula is C25H28Cl3FN2O2S. The summed E-state index contributed by atoms with van der Waals surface area (Å²) in [5.41, 5.74) is 1.14. The SMILES string of the molecule is CCC(C(=O)NC1CCCC1)N(Cc1ccc(Cl)c(Cl)c1)C(=O)CSCc1c(F)cccc1Cl. The summed E-state index contributed by atoms with van der Waals surface area (Å²) in [7, 11) is 0. The Hall–Kier alpha value is -1.47. The van der Waals surface area contributed by atoms with Gasteiger partial charge in [-0.25, -0.2) is 4.39 Å². The summed E-state index contributed by atoms with van der Waals surface area (Å²) < 4.78 is 14.1. The van der Waals surface area contributed by atoms with Gasteiger partial charge < -0.3 is 10.2 Å². The molecule has 34 heavy (non-hydrogen) atoms. The number of halogens is 4. The van der Waals surface area contributed by atoms with E-state index >= 15 is 0 Å². The van der Waals surface area contributed by atoms with Crippen molar-refractivity contribution in [3.63, 3.8) is 0 Å². The number of hydrogen-bond acceptors (Lipinski definition) is 3. The topological polar surface area (TPSA) is 49.4 Å². The Labute approximate surface area is 219 Å². The van der Waals surface area contributed by atoms with Gasteiger partial charge in [0.1, 0.15) is 11.9 Å². The molecule has 9 heteroatoms. The smallest absolute Gasteiger partial charge is 0.243 e. The first-order valence-corrected chi connectivity index (χ1v) is 13.6. The molecule has 0 aromatic heterocycles. The fourth-order valence-corrected chi connectivity index (χ4v) is 5.69. The highest BCUT2D eigenvalue weighted by atomic mass is 35.5. The molecule has 0 saturated heterocycles. The summed E-state index contributed by atoms with van der Waals surface area (Å²) in [4.78, 5) is 28.1. The summed E-state index contributed by atoms with van der Waals surface area (Å²) in [6.45, 7) is 2.10. The Balaban J connectivity index is 1.75. The second kappa shape index (κ2) is 13.0. The van der Waals surface area contributed by atoms with Crippen LogP contribution in [0.4, 0.5) is 4.39 Å². The van der Waals surface area contributed by atoms with Gasteiger partial charge in [-0.1, -0.05) is 66.7 Å². The van der Waals surface area contributed by atoms with Gasteiger partial charge in [0.15, 0.2) is 0 Å². The third kappa shape index (κ3) is 7.27. The van der Waals surface area contributed by atoms with Gasteiger partial charge in [-0.15, -0.1) is 11.8 Å². The van der Waals surface area contributed by atoms with Crippen LogP contribution in [0, 0.1) is 5.82 Å². The van der Waals surface area contributed by atoms with E-state index in [2.05, 4.69) is 5.32 Å². The second-order valence-electron chi connectivity index (χ2n) is 8.38. The van der Waals surface area contributed by atoms with Crippen LogP contribution < -0.4 is 5.32 Å². The Bertz CT molecular complexity index is 997. The van der Waals surface area contributed by atoms with E-state index in [0.29, 0.717) is 27.1 Å². The molecule has 0 aliphatic heterocycles. The minimum absolute atomic E-state index is 0.0825. The van der Waals surface area contributed by atoms with Gasteiger partial charge in [0.05, 0.1) is 15.8 Å². The van der Waals surface area contributed by atoms with E-state index in [1.807, 2.05) is 6.92 Å². The lowest BCUT2D eigenvalue weighted by molar-refractivity contribution is -0.139. The summed E-state index contributed by atoms with van der Waals surface area (Å²) in [6.07, 6.45) is 4.59. The molecule has 184 valence electrons. The Morgan fingerprint density at radius 3 is 2.50 bits per heavy atom. The van der Waals surface area contributed by atoms with Crippen molar-refractivity contribution in [3.8, 4) is 0 Å². The molecule has 2 aromatic rings. The number of rotatable bonds is 10. The van der Waals surface area contributed by atoms with Gasteiger partial charge >= 0.3 is 0 Å². The van der Waals surface area contributed by atoms with Crippen molar-refractivity contribution >= 4 is 58.4 Å². The summed E-state index contributed by atoms with van der Waals surface area (Å²) >= 11 is 19.6. The number of nitrogens with zero attached hydrogens (tertiary/aromatic N) is 1. The minimum atomic E-state index is -0.625. The maximum Gasteiger partial charge on any atom is 0.243 e. The molecule has 0 heterocycles. The molecule has 1 unspecified atom stereocenters. The highest BCUT2D eigenvalue weighted by Crippen LogP contribution is 2.27. The quantitative estimate of drug-likeness (QED) is 0.354. The maximum absolute atomic E-state index is 14.1. The zero-order chi connectivity index (χ0) is 24.7. The van der Waals surface area contributed by atoms with Crippen LogP contribution in [0.25, 0.3) is 0 Å². The third-order valence-electron chi connectivity index (χ3n) is 5.96. The van der Waals surface area contributed by atoms with Crippen LogP contribution in [0.5, 0.6) is 0 Å². The zero-order valence-electron chi connectivity index (χ0n) is 19.0. The largest absolute Gasteiger partial charge is 0.352 e. The number of carbonyl (C=O) groups is 2. The molecule has 1 atom stereocenters. The summed E-state index contributed by atoms with van der Waals surface area (Å²) in [6, 6.07) is 9.22. The maximum atomic E-state index is 14.1. The lowest BCUT2D eigenvalue weighted by Crippen LogP contribution is -2.51. The van der Waals surface area contributed by atoms with Crippen LogP contribution in [0.3, 0.4) is 0 Å². The molecule has 1 aliphatic rings. The Morgan fingerprint density at radius 2 is 1.85 bits per heavy atom. The van der Waals surface area contributed by atoms with Crippen LogP contribution in [0.2, 0.25) is 15.1 Å². The van der Waals surface area contributed by atoms with Gasteiger partial charge in [-0.2, -0.15) is 0 Å². The van der Waals surface area contributed by atoms with Crippen LogP contribution in [-0.2, 0) is 21.9 Å². The third-order valence-corrected chi connectivity index (χ3v) is 8.00. The highest BCUT2D eigenvalue weighted by Gasteiger charge is 2.30. The van der Waals surface area contributed by atoms with E-state index in [4.69, 9.17) is 34.8 Å². The van der Waals surface area contributed by atoms with Crippen LogP contribution in [-0.4, -0.2) is 34.6 Å². The summed E-state index contributed by atoms with van der Waals surface area (Å²) in [5.74, 6) is -0.424. The number of benzene rings is 2. The molecule has 1 N–H and O–H groups in total. The van der Waals surface area contributed by atoms with Crippen molar-refractivity contribution in [3.05, 3.63) is 68.4 Å². The molecule has 1 aliphatic carbocycles. The molecule has 1 fully saturated rings. The molecular weight excluding hydrogens is 518 g/mol. The van der Waals surface area contributed by atoms with Gasteiger partial charge in [0.25, 0.3) is 0 Å². The fraction of sp³-hybridized carbons (Fsp3) is 0.440. The Morgan fingerprint density at radius 1 is 1.12 bits per heavy atom. The first kappa shape index (κ1) is 27.1. The monoisotopic (exact) mass is 544 g/mol. The van der Waals surface area contributed by atoms with E-state index in [1.165, 1.54) is 17.8 Å². The predicted molar refractivity (Wildman–Crippen MR) is 139 cm³/mol. The van der Waals surface area contributed by atoms with E-state index in [-0.39, 0.29) is 35.9 Å². The molecule has 3 rings (SSSR count). The van der Waals surface area contributed by atoms with Crippen LogP contribution in [0.15, 0.2) is 36.4 Å². The minimum Gasteiger partial charge on any atom is -0.352 e. The average molecular weight is 546 g/mol. The molecule has 0 bridgehead atoms. The average Bonchev–Trinajstić information content (AvgIpc) is 3.31. The van der Waals surface area contributed by atoms with Gasteiger partial charge in [0.2, 0.25) is 11.8 Å². The number of carbonyl (C=O) groups excluding carboxylic acids is 2. The van der Waals surface area contributed by atoms with E-state index < -0.39 is 11.9 Å². The molecule has 0 radical (unpaired) electrons. The highest BCUT2D eigenvalue weighted by molar-refractivity contribution is 7.99. The lowest BCUT2D eigenvalue weighted by atomic mass is 10.1. The normalized spacial score (nSPS) is 14.7.